The first-order valence-corrected chi connectivity index (χ1v) is 8.89. The highest BCUT2D eigenvalue weighted by Gasteiger charge is 2.49. The fourth-order valence-electron chi connectivity index (χ4n) is 2.58. The van der Waals surface area contributed by atoms with Gasteiger partial charge in [-0.05, 0) is 6.08 Å². The maximum Gasteiger partial charge on any atom is 0.371 e. The number of aliphatic carboxylic acids is 1. The van der Waals surface area contributed by atoms with E-state index < -0.39 is 77.8 Å². The Balaban J connectivity index is 2.23. The summed E-state index contributed by atoms with van der Waals surface area (Å²) < 4.78 is 47.2. The van der Waals surface area contributed by atoms with Crippen LogP contribution in [0.5, 0.6) is 0 Å². The molecule has 2 aliphatic rings. The number of aliphatic hydroxyl groups is 5. The minimum Gasteiger partial charge on any atom is -0.475 e. The molecule has 2 rings (SSSR count). The van der Waals surface area contributed by atoms with Gasteiger partial charge in [-0.15, -0.1) is 0 Å². The van der Waals surface area contributed by atoms with E-state index in [1.54, 1.807) is 0 Å². The topological polar surface area (TPSA) is 233 Å². The van der Waals surface area contributed by atoms with Crippen LogP contribution in [0.3, 0.4) is 0 Å². The summed E-state index contributed by atoms with van der Waals surface area (Å²) in [5.74, 6) is -2.35. The van der Waals surface area contributed by atoms with Crippen LogP contribution in [0, 0.1) is 0 Å². The van der Waals surface area contributed by atoms with Crippen LogP contribution in [0.25, 0.3) is 0 Å². The number of nitrogens with one attached hydrogen (secondary N) is 1. The monoisotopic (exact) mass is 417 g/mol. The minimum atomic E-state index is -4.89. The lowest BCUT2D eigenvalue weighted by molar-refractivity contribution is -0.306. The van der Waals surface area contributed by atoms with Crippen LogP contribution in [-0.2, 0) is 29.3 Å². The standard InChI is InChI=1S/C12H19NO13S/c14-2-5-9(8(17)6(11(20)24-5)13-27(21,22)23)26-12-7(16)3(15)1-4(25-12)10(18)19/h1,3,5-9,11-17,20H,2H2,(H,18,19)(H,21,22,23)/t3-,5-,6-,7+,8-,9-,11?,12-/m1/s1. The number of rotatable bonds is 6. The summed E-state index contributed by atoms with van der Waals surface area (Å²) in [6.07, 6.45) is -11.7. The highest BCUT2D eigenvalue weighted by molar-refractivity contribution is 7.83. The molecule has 15 heteroatoms. The van der Waals surface area contributed by atoms with Crippen molar-refractivity contribution in [2.75, 3.05) is 6.61 Å². The van der Waals surface area contributed by atoms with Gasteiger partial charge in [0, 0.05) is 0 Å². The van der Waals surface area contributed by atoms with Gasteiger partial charge >= 0.3 is 16.3 Å². The average molecular weight is 417 g/mol. The predicted octanol–water partition coefficient (Wildman–Crippen LogP) is -4.75. The maximum absolute atomic E-state index is 11.0. The minimum absolute atomic E-state index is 0.705. The second-order valence-electron chi connectivity index (χ2n) is 5.76. The number of carboxylic acids is 1. The Bertz CT molecular complexity index is 681. The predicted molar refractivity (Wildman–Crippen MR) is 79.9 cm³/mol. The molecule has 0 aromatic rings. The molecule has 2 heterocycles. The molecule has 0 saturated carbocycles. The summed E-state index contributed by atoms with van der Waals surface area (Å²) in [6, 6.07) is -1.84. The van der Waals surface area contributed by atoms with Crippen LogP contribution >= 0.6 is 0 Å². The summed E-state index contributed by atoms with van der Waals surface area (Å²) in [4.78, 5) is 11.0. The average Bonchev–Trinajstić information content (AvgIpc) is 2.56. The van der Waals surface area contributed by atoms with Crippen molar-refractivity contribution in [3.05, 3.63) is 11.8 Å². The van der Waals surface area contributed by atoms with Gasteiger partial charge in [-0.1, -0.05) is 0 Å². The Morgan fingerprint density at radius 3 is 2.37 bits per heavy atom. The second-order valence-corrected chi connectivity index (χ2v) is 6.95. The number of hydrogen-bond acceptors (Lipinski definition) is 11. The summed E-state index contributed by atoms with van der Waals surface area (Å²) >= 11 is 0. The van der Waals surface area contributed by atoms with Crippen molar-refractivity contribution in [2.45, 2.75) is 49.1 Å². The highest BCUT2D eigenvalue weighted by Crippen LogP contribution is 2.28. The molecule has 0 aromatic heterocycles. The van der Waals surface area contributed by atoms with Gasteiger partial charge in [-0.3, -0.25) is 4.55 Å². The Morgan fingerprint density at radius 2 is 1.85 bits per heavy atom. The summed E-state index contributed by atoms with van der Waals surface area (Å²) in [5.41, 5.74) is 0. The van der Waals surface area contributed by atoms with E-state index in [4.69, 9.17) is 23.9 Å². The van der Waals surface area contributed by atoms with Gasteiger partial charge in [-0.2, -0.15) is 13.1 Å². The van der Waals surface area contributed by atoms with E-state index >= 15 is 0 Å². The summed E-state index contributed by atoms with van der Waals surface area (Å²) in [7, 11) is -4.89. The van der Waals surface area contributed by atoms with Gasteiger partial charge in [-0.25, -0.2) is 4.79 Å². The lowest BCUT2D eigenvalue weighted by atomic mass is 9.97. The Labute approximate surface area is 152 Å². The second kappa shape index (κ2) is 8.31. The fraction of sp³-hybridized carbons (Fsp3) is 0.750. The molecule has 1 saturated heterocycles. The van der Waals surface area contributed by atoms with Gasteiger partial charge in [0.1, 0.15) is 36.6 Å². The lowest BCUT2D eigenvalue weighted by Gasteiger charge is -2.44. The van der Waals surface area contributed by atoms with Gasteiger partial charge in [0.2, 0.25) is 12.0 Å². The van der Waals surface area contributed by atoms with Crippen molar-refractivity contribution in [1.82, 2.24) is 4.72 Å². The normalized spacial score (nSPS) is 40.1. The molecule has 0 amide bonds. The van der Waals surface area contributed by atoms with Crippen LogP contribution in [0.1, 0.15) is 0 Å². The van der Waals surface area contributed by atoms with Crippen molar-refractivity contribution < 1.29 is 62.6 Å². The molecule has 8 atom stereocenters. The van der Waals surface area contributed by atoms with E-state index in [0.29, 0.717) is 6.08 Å². The number of ether oxygens (including phenoxy) is 3. The molecule has 1 fully saturated rings. The third kappa shape index (κ3) is 5.11. The molecule has 27 heavy (non-hydrogen) atoms. The molecule has 1 unspecified atom stereocenters. The van der Waals surface area contributed by atoms with Crippen molar-refractivity contribution in [3.8, 4) is 0 Å². The molecule has 14 nitrogen and oxygen atoms in total. The third-order valence-corrected chi connectivity index (χ3v) is 4.42. The number of hydrogen-bond donors (Lipinski definition) is 8. The Kier molecular flexibility index (Phi) is 6.74. The van der Waals surface area contributed by atoms with E-state index in [2.05, 4.69) is 0 Å². The zero-order chi connectivity index (χ0) is 20.5. The van der Waals surface area contributed by atoms with E-state index in [1.807, 2.05) is 0 Å². The summed E-state index contributed by atoms with van der Waals surface area (Å²) in [6.45, 7) is -0.843. The van der Waals surface area contributed by atoms with Crippen LogP contribution in [0.4, 0.5) is 0 Å². The van der Waals surface area contributed by atoms with Crippen molar-refractivity contribution in [3.63, 3.8) is 0 Å². The molecule has 0 spiro atoms. The number of carbonyl (C=O) groups is 1. The number of carboxylic acid groups (broad SMARTS) is 1. The molecule has 0 bridgehead atoms. The fourth-order valence-corrected chi connectivity index (χ4v) is 3.18. The van der Waals surface area contributed by atoms with Gasteiger partial charge < -0.3 is 44.8 Å². The zero-order valence-electron chi connectivity index (χ0n) is 13.4. The van der Waals surface area contributed by atoms with Crippen LogP contribution in [-0.4, -0.2) is 105 Å². The lowest BCUT2D eigenvalue weighted by Crippen LogP contribution is -2.65. The Morgan fingerprint density at radius 1 is 1.22 bits per heavy atom. The summed E-state index contributed by atoms with van der Waals surface area (Å²) in [5, 5.41) is 57.8. The molecular formula is C12H19NO13S. The largest absolute Gasteiger partial charge is 0.475 e. The first-order valence-electron chi connectivity index (χ1n) is 7.45. The van der Waals surface area contributed by atoms with Gasteiger partial charge in [0.05, 0.1) is 6.61 Å². The van der Waals surface area contributed by atoms with Crippen LogP contribution < -0.4 is 4.72 Å². The van der Waals surface area contributed by atoms with E-state index in [-0.39, 0.29) is 0 Å². The van der Waals surface area contributed by atoms with E-state index in [1.165, 1.54) is 4.72 Å². The maximum atomic E-state index is 11.0. The zero-order valence-corrected chi connectivity index (χ0v) is 14.2. The molecule has 156 valence electrons. The van der Waals surface area contributed by atoms with Crippen LogP contribution in [0.2, 0.25) is 0 Å². The molecule has 0 radical (unpaired) electrons. The smallest absolute Gasteiger partial charge is 0.371 e. The van der Waals surface area contributed by atoms with E-state index in [9.17, 15) is 38.7 Å². The molecule has 0 aliphatic carbocycles. The van der Waals surface area contributed by atoms with Crippen molar-refractivity contribution in [1.29, 1.82) is 0 Å². The quantitative estimate of drug-likeness (QED) is 0.190. The highest BCUT2D eigenvalue weighted by atomic mass is 32.2. The molecule has 8 N–H and O–H groups in total. The third-order valence-electron chi connectivity index (χ3n) is 3.85. The van der Waals surface area contributed by atoms with Crippen molar-refractivity contribution in [2.24, 2.45) is 0 Å². The molecular weight excluding hydrogens is 398 g/mol. The Hall–Kier alpha value is -1.40. The first kappa shape index (κ1) is 21.9. The SMILES string of the molecule is O=C(O)C1=C[C@@H](O)[C@H](O)[C@@H](O[C@H]2[C@H](O)[C@@H](NS(=O)(=O)O)C(O)O[C@@H]2CO)O1. The first-order chi connectivity index (χ1) is 12.4. The van der Waals surface area contributed by atoms with Crippen LogP contribution in [0.15, 0.2) is 11.8 Å². The van der Waals surface area contributed by atoms with E-state index in [0.717, 1.165) is 0 Å². The number of aliphatic hydroxyl groups excluding tert-OH is 5. The van der Waals surface area contributed by atoms with Gasteiger partial charge in [0.15, 0.2) is 6.29 Å². The molecule has 2 aliphatic heterocycles. The molecule has 0 aromatic carbocycles. The van der Waals surface area contributed by atoms with Gasteiger partial charge in [0.25, 0.3) is 0 Å². The van der Waals surface area contributed by atoms with Crippen molar-refractivity contribution >= 4 is 16.3 Å².